The molecule has 14 nitrogen and oxygen atoms in total. The number of amides is 1. The molecule has 0 atom stereocenters. The van der Waals surface area contributed by atoms with Crippen LogP contribution in [-0.4, -0.2) is 145 Å². The zero-order chi connectivity index (χ0) is 66.1. The quantitative estimate of drug-likeness (QED) is 0.0349. The third-order valence-corrected chi connectivity index (χ3v) is 17.0. The van der Waals surface area contributed by atoms with Crippen LogP contribution in [0.25, 0.3) is 0 Å². The van der Waals surface area contributed by atoms with Crippen molar-refractivity contribution in [3.05, 3.63) is 0 Å². The number of ether oxygens (including phenoxy) is 5. The Balaban J connectivity index is 0. The van der Waals surface area contributed by atoms with Gasteiger partial charge in [-0.15, -0.1) is 0 Å². The van der Waals surface area contributed by atoms with Crippen LogP contribution in [0.5, 0.6) is 0 Å². The maximum Gasteiger partial charge on any atom is 0.409 e. The van der Waals surface area contributed by atoms with Gasteiger partial charge in [-0.05, 0) is 111 Å². The Kier molecular flexibility index (Phi) is 74.3. The van der Waals surface area contributed by atoms with Crippen molar-refractivity contribution in [1.29, 1.82) is 0 Å². The molecule has 0 saturated heterocycles. The van der Waals surface area contributed by atoms with Crippen LogP contribution in [0.2, 0.25) is 0 Å². The first-order valence-corrected chi connectivity index (χ1v) is 38.6. The summed E-state index contributed by atoms with van der Waals surface area (Å²) < 4.78 is 27.2. The second-order valence-electron chi connectivity index (χ2n) is 26.4. The smallest absolute Gasteiger partial charge is 0.409 e. The van der Waals surface area contributed by atoms with Gasteiger partial charge in [0.1, 0.15) is 6.61 Å². The van der Waals surface area contributed by atoms with E-state index in [2.05, 4.69) is 64.0 Å². The van der Waals surface area contributed by atoms with E-state index in [1.54, 1.807) is 0 Å². The van der Waals surface area contributed by atoms with Gasteiger partial charge in [0.15, 0.2) is 0 Å². The summed E-state index contributed by atoms with van der Waals surface area (Å²) in [5.41, 5.74) is 0. The van der Waals surface area contributed by atoms with Crippen LogP contribution in [-0.2, 0) is 42.9 Å². The predicted octanol–water partition coefficient (Wildman–Crippen LogP) is 20.0. The van der Waals surface area contributed by atoms with E-state index in [0.29, 0.717) is 71.8 Å². The van der Waals surface area contributed by atoms with E-state index >= 15 is 0 Å². The molecule has 90 heavy (non-hydrogen) atoms. The van der Waals surface area contributed by atoms with Crippen LogP contribution in [0.3, 0.4) is 0 Å². The first-order chi connectivity index (χ1) is 44.0. The molecule has 0 saturated carbocycles. The molecule has 0 aromatic carbocycles. The third kappa shape index (κ3) is 74.1. The number of likely N-dealkylation sites (N-methyl/N-ethyl adjacent to an activating group) is 2. The molecule has 0 aliphatic carbocycles. The van der Waals surface area contributed by atoms with Crippen LogP contribution in [0, 0.1) is 0 Å². The fourth-order valence-electron chi connectivity index (χ4n) is 10.9. The molecular weight excluding hydrogens is 1130 g/mol. The molecule has 0 radical (unpaired) electrons. The van der Waals surface area contributed by atoms with Crippen LogP contribution in [0.4, 0.5) is 4.79 Å². The fraction of sp³-hybridized carbons (Fsp3) is 0.934. The number of hydrogen-bond acceptors (Lipinski definition) is 13. The normalized spacial score (nSPS) is 11.3. The van der Waals surface area contributed by atoms with Gasteiger partial charge in [-0.3, -0.25) is 19.2 Å². The first kappa shape index (κ1) is 89.1. The Labute approximate surface area is 556 Å². The number of unbranched alkanes of at least 4 members (excludes halogenated alkanes) is 40. The molecule has 0 aromatic rings. The summed E-state index contributed by atoms with van der Waals surface area (Å²) in [6, 6.07) is 0. The highest BCUT2D eigenvalue weighted by atomic mass is 16.6. The van der Waals surface area contributed by atoms with Crippen molar-refractivity contribution in [1.82, 2.24) is 20.0 Å². The molecule has 0 unspecified atom stereocenters. The van der Waals surface area contributed by atoms with Crippen LogP contribution < -0.4 is 5.32 Å². The van der Waals surface area contributed by atoms with Crippen molar-refractivity contribution in [3.63, 3.8) is 0 Å². The molecule has 0 aromatic heterocycles. The minimum Gasteiger partial charge on any atom is -0.466 e. The summed E-state index contributed by atoms with van der Waals surface area (Å²) in [4.78, 5) is 67.0. The monoisotopic (exact) mass is 1280 g/mol. The van der Waals surface area contributed by atoms with Gasteiger partial charge in [-0.25, -0.2) is 4.79 Å². The third-order valence-electron chi connectivity index (χ3n) is 17.0. The summed E-state index contributed by atoms with van der Waals surface area (Å²) in [5.74, 6) is -0.162. The van der Waals surface area contributed by atoms with Gasteiger partial charge in [-0.1, -0.05) is 259 Å². The number of carbonyl (C=O) groups is 5. The summed E-state index contributed by atoms with van der Waals surface area (Å²) in [5, 5.41) is 3.55. The highest BCUT2D eigenvalue weighted by Gasteiger charge is 2.16. The summed E-state index contributed by atoms with van der Waals surface area (Å²) in [6.07, 6.45) is 57.7. The van der Waals surface area contributed by atoms with Crippen molar-refractivity contribution < 1.29 is 47.7 Å². The standard InChI is InChI=1S/C42H83N3O6.C34H67NO4/c1-6-8-10-12-14-22-28-37-49-40(46)30-24-18-16-20-26-32-45(42(48)51-39-36-44(5)35-34-43(3)4)33-27-21-17-19-25-31-41(47)50-38-29-23-15-13-11-9-7-2;1-3-5-7-9-11-19-25-31-38-33(36)27-21-15-13-17-23-29-35-30-24-18-14-16-22-28-34(37)39-32-26-20-12-10-8-6-4-2/h6-39H2,1-5H3;35H,3-32H2,1-2H3. The predicted molar refractivity (Wildman–Crippen MR) is 378 cm³/mol. The molecule has 534 valence electrons. The molecule has 1 amide bonds. The Morgan fingerprint density at radius 1 is 0.256 bits per heavy atom. The number of nitrogens with one attached hydrogen (secondary N) is 1. The second kappa shape index (κ2) is 75.1. The first-order valence-electron chi connectivity index (χ1n) is 38.6. The van der Waals surface area contributed by atoms with Crippen LogP contribution >= 0.6 is 0 Å². The molecule has 0 rings (SSSR count). The summed E-state index contributed by atoms with van der Waals surface area (Å²) in [7, 11) is 6.18. The number of esters is 4. The molecule has 0 spiro atoms. The van der Waals surface area contributed by atoms with E-state index in [1.807, 2.05) is 4.90 Å². The average molecular weight is 1280 g/mol. The minimum atomic E-state index is -0.219. The molecule has 0 aliphatic heterocycles. The molecule has 14 heteroatoms. The average Bonchev–Trinajstić information content (AvgIpc) is 3.70. The van der Waals surface area contributed by atoms with E-state index in [1.165, 1.54) is 180 Å². The lowest BCUT2D eigenvalue weighted by Crippen LogP contribution is -2.36. The molecule has 0 heterocycles. The van der Waals surface area contributed by atoms with E-state index in [-0.39, 0.29) is 30.0 Å². The van der Waals surface area contributed by atoms with Crippen molar-refractivity contribution in [2.75, 3.05) is 100.0 Å². The molecule has 0 fully saturated rings. The maximum atomic E-state index is 13.0. The number of rotatable bonds is 70. The van der Waals surface area contributed by atoms with Crippen LogP contribution in [0.1, 0.15) is 362 Å². The maximum absolute atomic E-state index is 13.0. The molecule has 1 N–H and O–H groups in total. The van der Waals surface area contributed by atoms with E-state index in [4.69, 9.17) is 23.7 Å². The number of nitrogens with zero attached hydrogens (tertiary/aromatic N) is 3. The molecular formula is C76H150N4O10. The van der Waals surface area contributed by atoms with Crippen LogP contribution in [0.15, 0.2) is 0 Å². The SMILES string of the molecule is CCCCCCCCCOC(=O)CCCCCCCN(CCCCCCCC(=O)OCCCCCCCCC)C(=O)OCCN(C)CCN(C)C.CCCCCCCCCOC(=O)CCCCCCCNCCCCCCCC(=O)OCCCCCCCCC. The Hall–Kier alpha value is -2.97. The van der Waals surface area contributed by atoms with Gasteiger partial charge < -0.3 is 43.7 Å². The topological polar surface area (TPSA) is 153 Å². The van der Waals surface area contributed by atoms with E-state index in [0.717, 1.165) is 161 Å². The van der Waals surface area contributed by atoms with Crippen molar-refractivity contribution in [2.45, 2.75) is 362 Å². The van der Waals surface area contributed by atoms with Gasteiger partial charge in [0.2, 0.25) is 0 Å². The van der Waals surface area contributed by atoms with Crippen molar-refractivity contribution >= 4 is 30.0 Å². The Morgan fingerprint density at radius 2 is 0.511 bits per heavy atom. The number of hydrogen-bond donors (Lipinski definition) is 1. The lowest BCUT2D eigenvalue weighted by Gasteiger charge is -2.24. The summed E-state index contributed by atoms with van der Waals surface area (Å²) in [6.45, 7) is 17.8. The fourth-order valence-corrected chi connectivity index (χ4v) is 10.9. The zero-order valence-electron chi connectivity index (χ0n) is 60.7. The lowest BCUT2D eigenvalue weighted by molar-refractivity contribution is -0.144. The Morgan fingerprint density at radius 3 is 0.800 bits per heavy atom. The van der Waals surface area contributed by atoms with Crippen molar-refractivity contribution in [2.24, 2.45) is 0 Å². The van der Waals surface area contributed by atoms with Gasteiger partial charge in [0, 0.05) is 58.4 Å². The van der Waals surface area contributed by atoms with Gasteiger partial charge in [0.25, 0.3) is 0 Å². The van der Waals surface area contributed by atoms with Gasteiger partial charge in [0.05, 0.1) is 26.4 Å². The van der Waals surface area contributed by atoms with E-state index in [9.17, 15) is 24.0 Å². The van der Waals surface area contributed by atoms with Gasteiger partial charge >= 0.3 is 30.0 Å². The largest absolute Gasteiger partial charge is 0.466 e. The second-order valence-corrected chi connectivity index (χ2v) is 26.4. The highest BCUT2D eigenvalue weighted by molar-refractivity contribution is 5.70. The Bertz CT molecular complexity index is 1430. The number of carbonyl (C=O) groups excluding carboxylic acids is 5. The highest BCUT2D eigenvalue weighted by Crippen LogP contribution is 2.15. The van der Waals surface area contributed by atoms with Gasteiger partial charge in [-0.2, -0.15) is 0 Å². The van der Waals surface area contributed by atoms with E-state index < -0.39 is 0 Å². The van der Waals surface area contributed by atoms with Crippen molar-refractivity contribution in [3.8, 4) is 0 Å². The molecule has 0 bridgehead atoms. The molecule has 0 aliphatic rings. The lowest BCUT2D eigenvalue weighted by atomic mass is 10.1. The summed E-state index contributed by atoms with van der Waals surface area (Å²) >= 11 is 0. The minimum absolute atomic E-state index is 0.0126. The zero-order valence-corrected chi connectivity index (χ0v) is 60.7.